The number of piperazine rings is 1. The lowest BCUT2D eigenvalue weighted by molar-refractivity contribution is 0.102. The number of hydrogen-bond donors (Lipinski definition) is 1. The molecule has 3 rings (SSSR count). The normalized spacial score (nSPS) is 15.3. The summed E-state index contributed by atoms with van der Waals surface area (Å²) in [5.41, 5.74) is 2.61. The fraction of sp³-hybridized carbons (Fsp3) is 0.316. The van der Waals surface area contributed by atoms with Gasteiger partial charge in [-0.2, -0.15) is 0 Å². The molecule has 0 radical (unpaired) electrons. The number of para-hydroxylation sites is 2. The summed E-state index contributed by atoms with van der Waals surface area (Å²) in [4.78, 5) is 17.3. The van der Waals surface area contributed by atoms with Crippen LogP contribution in [0, 0.1) is 0 Å². The van der Waals surface area contributed by atoms with Crippen molar-refractivity contribution in [2.75, 3.05) is 42.9 Å². The molecular formula is C19H22BrN3O. The van der Waals surface area contributed by atoms with E-state index in [1.807, 2.05) is 42.5 Å². The van der Waals surface area contributed by atoms with Crippen LogP contribution in [0.15, 0.2) is 53.0 Å². The van der Waals surface area contributed by atoms with Gasteiger partial charge in [0.05, 0.1) is 11.4 Å². The van der Waals surface area contributed by atoms with Gasteiger partial charge in [-0.1, -0.05) is 41.1 Å². The minimum atomic E-state index is -0.0871. The summed E-state index contributed by atoms with van der Waals surface area (Å²) in [6, 6.07) is 15.5. The van der Waals surface area contributed by atoms with Gasteiger partial charge in [0.25, 0.3) is 5.91 Å². The summed E-state index contributed by atoms with van der Waals surface area (Å²) in [6.07, 6.45) is 0. The van der Waals surface area contributed by atoms with E-state index in [0.717, 1.165) is 48.6 Å². The minimum Gasteiger partial charge on any atom is -0.367 e. The second kappa shape index (κ2) is 7.81. The van der Waals surface area contributed by atoms with Gasteiger partial charge in [-0.15, -0.1) is 0 Å². The maximum atomic E-state index is 12.5. The van der Waals surface area contributed by atoms with Gasteiger partial charge in [0.1, 0.15) is 0 Å². The molecule has 1 aliphatic heterocycles. The smallest absolute Gasteiger partial charge is 0.255 e. The number of nitrogens with one attached hydrogen (secondary N) is 1. The Labute approximate surface area is 151 Å². The second-order valence-electron chi connectivity index (χ2n) is 5.90. The molecule has 0 saturated carbocycles. The largest absolute Gasteiger partial charge is 0.367 e. The molecule has 0 unspecified atom stereocenters. The van der Waals surface area contributed by atoms with E-state index < -0.39 is 0 Å². The Bertz CT molecular complexity index is 711. The molecular weight excluding hydrogens is 366 g/mol. The van der Waals surface area contributed by atoms with Crippen molar-refractivity contribution in [1.29, 1.82) is 0 Å². The quantitative estimate of drug-likeness (QED) is 0.865. The Morgan fingerprint density at radius 3 is 2.54 bits per heavy atom. The monoisotopic (exact) mass is 387 g/mol. The third-order valence-corrected chi connectivity index (χ3v) is 4.89. The molecule has 2 aromatic carbocycles. The Balaban J connectivity index is 1.76. The van der Waals surface area contributed by atoms with Crippen LogP contribution in [0.4, 0.5) is 11.4 Å². The number of hydrogen-bond acceptors (Lipinski definition) is 3. The molecule has 1 amide bonds. The predicted molar refractivity (Wildman–Crippen MR) is 103 cm³/mol. The molecule has 24 heavy (non-hydrogen) atoms. The van der Waals surface area contributed by atoms with Gasteiger partial charge >= 0.3 is 0 Å². The molecule has 1 saturated heterocycles. The van der Waals surface area contributed by atoms with Crippen molar-refractivity contribution in [3.8, 4) is 0 Å². The maximum Gasteiger partial charge on any atom is 0.255 e. The first kappa shape index (κ1) is 17.0. The number of anilines is 2. The van der Waals surface area contributed by atoms with Crippen molar-refractivity contribution in [2.45, 2.75) is 6.92 Å². The lowest BCUT2D eigenvalue weighted by Crippen LogP contribution is -2.46. The fourth-order valence-corrected chi connectivity index (χ4v) is 3.38. The van der Waals surface area contributed by atoms with Gasteiger partial charge in [0.2, 0.25) is 0 Å². The molecule has 0 spiro atoms. The van der Waals surface area contributed by atoms with E-state index in [4.69, 9.17) is 0 Å². The zero-order valence-electron chi connectivity index (χ0n) is 13.8. The highest BCUT2D eigenvalue weighted by Gasteiger charge is 2.19. The Morgan fingerprint density at radius 2 is 1.83 bits per heavy atom. The number of likely N-dealkylation sites (N-methyl/N-ethyl adjacent to an activating group) is 1. The van der Waals surface area contributed by atoms with Gasteiger partial charge in [0, 0.05) is 36.2 Å². The summed E-state index contributed by atoms with van der Waals surface area (Å²) in [5.74, 6) is -0.0871. The number of nitrogens with zero attached hydrogens (tertiary/aromatic N) is 2. The highest BCUT2D eigenvalue weighted by molar-refractivity contribution is 9.10. The first-order valence-corrected chi connectivity index (χ1v) is 9.10. The SMILES string of the molecule is CCN1CCN(c2ccccc2NC(=O)c2cccc(Br)c2)CC1. The summed E-state index contributed by atoms with van der Waals surface area (Å²) in [5, 5.41) is 3.06. The van der Waals surface area contributed by atoms with Crippen LogP contribution < -0.4 is 10.2 Å². The lowest BCUT2D eigenvalue weighted by atomic mass is 10.1. The van der Waals surface area contributed by atoms with E-state index >= 15 is 0 Å². The van der Waals surface area contributed by atoms with Crippen LogP contribution in [0.3, 0.4) is 0 Å². The number of rotatable bonds is 4. The van der Waals surface area contributed by atoms with E-state index in [2.05, 4.69) is 44.0 Å². The van der Waals surface area contributed by atoms with Gasteiger partial charge in [-0.3, -0.25) is 4.79 Å². The first-order valence-electron chi connectivity index (χ1n) is 8.30. The van der Waals surface area contributed by atoms with Gasteiger partial charge in [-0.05, 0) is 36.9 Å². The van der Waals surface area contributed by atoms with Crippen molar-refractivity contribution >= 4 is 33.2 Å². The van der Waals surface area contributed by atoms with Crippen LogP contribution in [0.5, 0.6) is 0 Å². The molecule has 1 N–H and O–H groups in total. The van der Waals surface area contributed by atoms with E-state index in [1.54, 1.807) is 0 Å². The number of amides is 1. The first-order chi connectivity index (χ1) is 11.7. The third-order valence-electron chi connectivity index (χ3n) is 4.40. The molecule has 0 atom stereocenters. The molecule has 1 heterocycles. The number of halogens is 1. The van der Waals surface area contributed by atoms with Crippen LogP contribution in [0.25, 0.3) is 0 Å². The molecule has 1 fully saturated rings. The number of carbonyl (C=O) groups excluding carboxylic acids is 1. The topological polar surface area (TPSA) is 35.6 Å². The van der Waals surface area contributed by atoms with Gasteiger partial charge < -0.3 is 15.1 Å². The Morgan fingerprint density at radius 1 is 1.08 bits per heavy atom. The number of benzene rings is 2. The van der Waals surface area contributed by atoms with Crippen LogP contribution in [-0.2, 0) is 0 Å². The maximum absolute atomic E-state index is 12.5. The molecule has 2 aromatic rings. The van der Waals surface area contributed by atoms with Crippen LogP contribution in [-0.4, -0.2) is 43.5 Å². The molecule has 0 aliphatic carbocycles. The minimum absolute atomic E-state index is 0.0871. The van der Waals surface area contributed by atoms with E-state index in [-0.39, 0.29) is 5.91 Å². The van der Waals surface area contributed by atoms with Gasteiger partial charge in [-0.25, -0.2) is 0 Å². The predicted octanol–water partition coefficient (Wildman–Crippen LogP) is 3.84. The van der Waals surface area contributed by atoms with E-state index in [0.29, 0.717) is 5.56 Å². The van der Waals surface area contributed by atoms with Crippen molar-refractivity contribution in [1.82, 2.24) is 4.90 Å². The molecule has 5 heteroatoms. The average molecular weight is 388 g/mol. The Hall–Kier alpha value is -1.85. The molecule has 1 aliphatic rings. The van der Waals surface area contributed by atoms with Crippen molar-refractivity contribution in [3.05, 3.63) is 58.6 Å². The fourth-order valence-electron chi connectivity index (χ4n) is 2.98. The van der Waals surface area contributed by atoms with Crippen LogP contribution in [0.1, 0.15) is 17.3 Å². The summed E-state index contributed by atoms with van der Waals surface area (Å²) >= 11 is 3.41. The summed E-state index contributed by atoms with van der Waals surface area (Å²) in [7, 11) is 0. The standard InChI is InChI=1S/C19H22BrN3O/c1-2-22-10-12-23(13-11-22)18-9-4-3-8-17(18)21-19(24)15-6-5-7-16(20)14-15/h3-9,14H,2,10-13H2,1H3,(H,21,24). The molecule has 4 nitrogen and oxygen atoms in total. The van der Waals surface area contributed by atoms with Crippen LogP contribution in [0.2, 0.25) is 0 Å². The van der Waals surface area contributed by atoms with E-state index in [1.165, 1.54) is 0 Å². The molecule has 126 valence electrons. The second-order valence-corrected chi connectivity index (χ2v) is 6.82. The van der Waals surface area contributed by atoms with Crippen molar-refractivity contribution < 1.29 is 4.79 Å². The van der Waals surface area contributed by atoms with Gasteiger partial charge in [0.15, 0.2) is 0 Å². The summed E-state index contributed by atoms with van der Waals surface area (Å²) in [6.45, 7) is 7.38. The average Bonchev–Trinajstić information content (AvgIpc) is 2.62. The van der Waals surface area contributed by atoms with E-state index in [9.17, 15) is 4.79 Å². The zero-order chi connectivity index (χ0) is 16.9. The summed E-state index contributed by atoms with van der Waals surface area (Å²) < 4.78 is 0.902. The number of carbonyl (C=O) groups is 1. The molecule has 0 bridgehead atoms. The third kappa shape index (κ3) is 3.97. The zero-order valence-corrected chi connectivity index (χ0v) is 15.4. The van der Waals surface area contributed by atoms with Crippen molar-refractivity contribution in [2.24, 2.45) is 0 Å². The Kier molecular flexibility index (Phi) is 5.53. The van der Waals surface area contributed by atoms with Crippen molar-refractivity contribution in [3.63, 3.8) is 0 Å². The highest BCUT2D eigenvalue weighted by atomic mass is 79.9. The highest BCUT2D eigenvalue weighted by Crippen LogP contribution is 2.27. The molecule has 0 aromatic heterocycles. The van der Waals surface area contributed by atoms with Crippen LogP contribution >= 0.6 is 15.9 Å². The lowest BCUT2D eigenvalue weighted by Gasteiger charge is -2.36.